The SMILES string of the molecule is O=C(O)c1cc(Br)ccc1NCC1CCC1. The number of hydrogen-bond acceptors (Lipinski definition) is 2. The summed E-state index contributed by atoms with van der Waals surface area (Å²) >= 11 is 3.28. The Morgan fingerprint density at radius 1 is 1.50 bits per heavy atom. The lowest BCUT2D eigenvalue weighted by Gasteiger charge is -2.26. The second kappa shape index (κ2) is 4.87. The maximum absolute atomic E-state index is 11.0. The quantitative estimate of drug-likeness (QED) is 0.891. The molecule has 1 aromatic carbocycles. The lowest BCUT2D eigenvalue weighted by atomic mass is 9.85. The van der Waals surface area contributed by atoms with Gasteiger partial charge in [0, 0.05) is 16.7 Å². The molecule has 1 aliphatic rings. The summed E-state index contributed by atoms with van der Waals surface area (Å²) < 4.78 is 0.791. The number of nitrogens with one attached hydrogen (secondary N) is 1. The molecule has 0 spiro atoms. The van der Waals surface area contributed by atoms with Gasteiger partial charge in [-0.05, 0) is 37.0 Å². The van der Waals surface area contributed by atoms with Crippen molar-refractivity contribution in [3.63, 3.8) is 0 Å². The second-order valence-electron chi connectivity index (χ2n) is 4.17. The number of carbonyl (C=O) groups is 1. The minimum Gasteiger partial charge on any atom is -0.478 e. The maximum Gasteiger partial charge on any atom is 0.337 e. The van der Waals surface area contributed by atoms with Crippen molar-refractivity contribution in [1.29, 1.82) is 0 Å². The Balaban J connectivity index is 2.08. The summed E-state index contributed by atoms with van der Waals surface area (Å²) in [5.74, 6) is -0.178. The molecule has 1 saturated carbocycles. The summed E-state index contributed by atoms with van der Waals surface area (Å²) in [7, 11) is 0. The third-order valence-corrected chi connectivity index (χ3v) is 3.51. The molecule has 1 fully saturated rings. The molecule has 0 aliphatic heterocycles. The van der Waals surface area contributed by atoms with Gasteiger partial charge < -0.3 is 10.4 Å². The highest BCUT2D eigenvalue weighted by atomic mass is 79.9. The van der Waals surface area contributed by atoms with E-state index < -0.39 is 5.97 Å². The van der Waals surface area contributed by atoms with E-state index in [1.54, 1.807) is 6.07 Å². The van der Waals surface area contributed by atoms with E-state index in [1.807, 2.05) is 12.1 Å². The van der Waals surface area contributed by atoms with E-state index in [0.717, 1.165) is 11.0 Å². The van der Waals surface area contributed by atoms with Crippen LogP contribution in [0, 0.1) is 5.92 Å². The molecule has 0 atom stereocenters. The van der Waals surface area contributed by atoms with E-state index in [9.17, 15) is 4.79 Å². The molecule has 0 amide bonds. The van der Waals surface area contributed by atoms with Crippen LogP contribution in [0.15, 0.2) is 22.7 Å². The summed E-state index contributed by atoms with van der Waals surface area (Å²) in [6.07, 6.45) is 3.82. The fourth-order valence-corrected chi connectivity index (χ4v) is 2.16. The first-order valence-electron chi connectivity index (χ1n) is 5.43. The van der Waals surface area contributed by atoms with Crippen molar-refractivity contribution in [2.45, 2.75) is 19.3 Å². The fraction of sp³-hybridized carbons (Fsp3) is 0.417. The highest BCUT2D eigenvalue weighted by Crippen LogP contribution is 2.27. The molecular weight excluding hydrogens is 270 g/mol. The first-order valence-corrected chi connectivity index (χ1v) is 6.23. The minimum absolute atomic E-state index is 0.327. The molecule has 0 unspecified atom stereocenters. The molecule has 4 heteroatoms. The van der Waals surface area contributed by atoms with Gasteiger partial charge in [-0.15, -0.1) is 0 Å². The highest BCUT2D eigenvalue weighted by molar-refractivity contribution is 9.10. The molecule has 0 radical (unpaired) electrons. The van der Waals surface area contributed by atoms with Gasteiger partial charge >= 0.3 is 5.97 Å². The smallest absolute Gasteiger partial charge is 0.337 e. The van der Waals surface area contributed by atoms with Crippen LogP contribution in [0.2, 0.25) is 0 Å². The third-order valence-electron chi connectivity index (χ3n) is 3.02. The molecular formula is C12H14BrNO2. The summed E-state index contributed by atoms with van der Waals surface area (Å²) in [5.41, 5.74) is 1.04. The van der Waals surface area contributed by atoms with Gasteiger partial charge in [-0.2, -0.15) is 0 Å². The Bertz CT molecular complexity index is 402. The Morgan fingerprint density at radius 3 is 2.81 bits per heavy atom. The van der Waals surface area contributed by atoms with E-state index in [2.05, 4.69) is 21.2 Å². The predicted octanol–water partition coefficient (Wildman–Crippen LogP) is 3.36. The first kappa shape index (κ1) is 11.5. The van der Waals surface area contributed by atoms with Crippen LogP contribution in [0.3, 0.4) is 0 Å². The predicted molar refractivity (Wildman–Crippen MR) is 66.9 cm³/mol. The zero-order chi connectivity index (χ0) is 11.5. The standard InChI is InChI=1S/C12H14BrNO2/c13-9-4-5-11(10(6-9)12(15)16)14-7-8-2-1-3-8/h4-6,8,14H,1-3,7H2,(H,15,16). The van der Waals surface area contributed by atoms with Crippen molar-refractivity contribution >= 4 is 27.6 Å². The van der Waals surface area contributed by atoms with Crippen molar-refractivity contribution in [1.82, 2.24) is 0 Å². The zero-order valence-electron chi connectivity index (χ0n) is 8.87. The van der Waals surface area contributed by atoms with Crippen LogP contribution < -0.4 is 5.32 Å². The van der Waals surface area contributed by atoms with Crippen molar-refractivity contribution < 1.29 is 9.90 Å². The molecule has 0 bridgehead atoms. The molecule has 0 heterocycles. The average Bonchev–Trinajstić information content (AvgIpc) is 2.17. The zero-order valence-corrected chi connectivity index (χ0v) is 10.5. The van der Waals surface area contributed by atoms with Gasteiger partial charge in [0.25, 0.3) is 0 Å². The van der Waals surface area contributed by atoms with Gasteiger partial charge in [0.05, 0.1) is 5.56 Å². The number of anilines is 1. The van der Waals surface area contributed by atoms with Crippen molar-refractivity contribution in [3.05, 3.63) is 28.2 Å². The molecule has 1 aromatic rings. The maximum atomic E-state index is 11.0. The van der Waals surface area contributed by atoms with Crippen molar-refractivity contribution in [2.75, 3.05) is 11.9 Å². The van der Waals surface area contributed by atoms with Gasteiger partial charge in [-0.3, -0.25) is 0 Å². The minimum atomic E-state index is -0.891. The van der Waals surface area contributed by atoms with E-state index in [0.29, 0.717) is 17.2 Å². The van der Waals surface area contributed by atoms with Crippen LogP contribution >= 0.6 is 15.9 Å². The lowest BCUT2D eigenvalue weighted by Crippen LogP contribution is -2.21. The van der Waals surface area contributed by atoms with Gasteiger partial charge in [0.1, 0.15) is 0 Å². The second-order valence-corrected chi connectivity index (χ2v) is 5.09. The summed E-state index contributed by atoms with van der Waals surface area (Å²) in [4.78, 5) is 11.0. The van der Waals surface area contributed by atoms with E-state index in [4.69, 9.17) is 5.11 Å². The molecule has 0 saturated heterocycles. The number of aromatic carboxylic acids is 1. The van der Waals surface area contributed by atoms with Crippen LogP contribution in [0.5, 0.6) is 0 Å². The van der Waals surface area contributed by atoms with Crippen molar-refractivity contribution in [3.8, 4) is 0 Å². The Kier molecular flexibility index (Phi) is 3.49. The third kappa shape index (κ3) is 2.55. The Morgan fingerprint density at radius 2 is 2.25 bits per heavy atom. The monoisotopic (exact) mass is 283 g/mol. The molecule has 86 valence electrons. The van der Waals surface area contributed by atoms with E-state index in [1.165, 1.54) is 19.3 Å². The van der Waals surface area contributed by atoms with E-state index in [-0.39, 0.29) is 0 Å². The molecule has 2 rings (SSSR count). The number of carboxylic acids is 1. The number of halogens is 1. The van der Waals surface area contributed by atoms with Gasteiger partial charge in [-0.25, -0.2) is 4.79 Å². The van der Waals surface area contributed by atoms with Gasteiger partial charge in [0.15, 0.2) is 0 Å². The van der Waals surface area contributed by atoms with Crippen LogP contribution in [-0.2, 0) is 0 Å². The van der Waals surface area contributed by atoms with E-state index >= 15 is 0 Å². The van der Waals surface area contributed by atoms with Gasteiger partial charge in [0.2, 0.25) is 0 Å². The number of carboxylic acid groups (broad SMARTS) is 1. The topological polar surface area (TPSA) is 49.3 Å². The van der Waals surface area contributed by atoms with Crippen LogP contribution in [0.1, 0.15) is 29.6 Å². The van der Waals surface area contributed by atoms with Crippen molar-refractivity contribution in [2.24, 2.45) is 5.92 Å². The average molecular weight is 284 g/mol. The first-order chi connectivity index (χ1) is 7.66. The van der Waals surface area contributed by atoms with Gasteiger partial charge in [-0.1, -0.05) is 22.4 Å². The number of rotatable bonds is 4. The van der Waals surface area contributed by atoms with Crippen LogP contribution in [0.25, 0.3) is 0 Å². The lowest BCUT2D eigenvalue weighted by molar-refractivity contribution is 0.0698. The molecule has 0 aromatic heterocycles. The van der Waals surface area contributed by atoms with Crippen LogP contribution in [0.4, 0.5) is 5.69 Å². The fourth-order valence-electron chi connectivity index (χ4n) is 1.80. The Labute approximate surface area is 103 Å². The normalized spacial score (nSPS) is 15.6. The molecule has 2 N–H and O–H groups in total. The number of benzene rings is 1. The molecule has 16 heavy (non-hydrogen) atoms. The summed E-state index contributed by atoms with van der Waals surface area (Å²) in [6.45, 7) is 0.877. The molecule has 3 nitrogen and oxygen atoms in total. The largest absolute Gasteiger partial charge is 0.478 e. The van der Waals surface area contributed by atoms with Crippen LogP contribution in [-0.4, -0.2) is 17.6 Å². The summed E-state index contributed by atoms with van der Waals surface area (Å²) in [6, 6.07) is 5.30. The Hall–Kier alpha value is -1.03. The highest BCUT2D eigenvalue weighted by Gasteiger charge is 2.18. The number of hydrogen-bond donors (Lipinski definition) is 2. The molecule has 1 aliphatic carbocycles. The summed E-state index contributed by atoms with van der Waals surface area (Å²) in [5, 5.41) is 12.3.